The van der Waals surface area contributed by atoms with Gasteiger partial charge in [-0.05, 0) is 11.6 Å². The molecule has 0 saturated heterocycles. The van der Waals surface area contributed by atoms with Crippen LogP contribution in [0.1, 0.15) is 19.4 Å². The largest absolute Gasteiger partial charge is 0.508 e. The van der Waals surface area contributed by atoms with Crippen molar-refractivity contribution in [1.82, 2.24) is 5.32 Å². The van der Waals surface area contributed by atoms with Crippen molar-refractivity contribution >= 4 is 5.69 Å². The number of nitrogen functional groups attached to an aromatic ring is 1. The summed E-state index contributed by atoms with van der Waals surface area (Å²) in [4.78, 5) is 0. The highest BCUT2D eigenvalue weighted by Gasteiger charge is 2.00. The molecular weight excluding hydrogens is 164 g/mol. The molecule has 1 aromatic carbocycles. The summed E-state index contributed by atoms with van der Waals surface area (Å²) in [7, 11) is 0. The topological polar surface area (TPSA) is 58.3 Å². The zero-order chi connectivity index (χ0) is 9.84. The number of hydrogen-bond acceptors (Lipinski definition) is 3. The minimum atomic E-state index is 0.214. The number of phenolic OH excluding ortho intramolecular Hbond substituents is 1. The van der Waals surface area contributed by atoms with E-state index in [0.717, 1.165) is 12.1 Å². The molecule has 3 nitrogen and oxygen atoms in total. The maximum atomic E-state index is 9.11. The molecule has 0 aromatic heterocycles. The Balaban J connectivity index is 2.67. The van der Waals surface area contributed by atoms with Crippen LogP contribution in [0.2, 0.25) is 0 Å². The third-order valence-corrected chi connectivity index (χ3v) is 1.83. The molecule has 0 unspecified atom stereocenters. The Morgan fingerprint density at radius 2 is 2.15 bits per heavy atom. The van der Waals surface area contributed by atoms with Gasteiger partial charge in [-0.15, -0.1) is 0 Å². The summed E-state index contributed by atoms with van der Waals surface area (Å²) in [5.41, 5.74) is 7.36. The summed E-state index contributed by atoms with van der Waals surface area (Å²) >= 11 is 0. The number of nitrogens with two attached hydrogens (primary N) is 1. The van der Waals surface area contributed by atoms with Gasteiger partial charge in [-0.2, -0.15) is 0 Å². The van der Waals surface area contributed by atoms with Crippen LogP contribution in [0.5, 0.6) is 5.75 Å². The van der Waals surface area contributed by atoms with Crippen LogP contribution in [-0.2, 0) is 6.54 Å². The van der Waals surface area contributed by atoms with Gasteiger partial charge in [0.05, 0.1) is 0 Å². The van der Waals surface area contributed by atoms with Crippen LogP contribution < -0.4 is 11.1 Å². The van der Waals surface area contributed by atoms with Crippen LogP contribution in [0.4, 0.5) is 5.69 Å². The molecule has 0 bridgehead atoms. The van der Waals surface area contributed by atoms with Gasteiger partial charge in [0.15, 0.2) is 0 Å². The number of hydrogen-bond donors (Lipinski definition) is 3. The van der Waals surface area contributed by atoms with Crippen molar-refractivity contribution in [1.29, 1.82) is 0 Å². The van der Waals surface area contributed by atoms with Crippen LogP contribution in [0, 0.1) is 0 Å². The Morgan fingerprint density at radius 3 is 2.69 bits per heavy atom. The van der Waals surface area contributed by atoms with E-state index < -0.39 is 0 Å². The van der Waals surface area contributed by atoms with E-state index in [1.165, 1.54) is 0 Å². The minimum Gasteiger partial charge on any atom is -0.508 e. The van der Waals surface area contributed by atoms with Gasteiger partial charge in [0.1, 0.15) is 5.75 Å². The van der Waals surface area contributed by atoms with Crippen LogP contribution >= 0.6 is 0 Å². The van der Waals surface area contributed by atoms with E-state index in [-0.39, 0.29) is 5.75 Å². The first-order chi connectivity index (χ1) is 6.09. The number of phenols is 1. The summed E-state index contributed by atoms with van der Waals surface area (Å²) in [5, 5.41) is 12.4. The highest BCUT2D eigenvalue weighted by atomic mass is 16.3. The van der Waals surface area contributed by atoms with Gasteiger partial charge >= 0.3 is 0 Å². The third kappa shape index (κ3) is 2.95. The fraction of sp³-hybridized carbons (Fsp3) is 0.400. The molecule has 72 valence electrons. The van der Waals surface area contributed by atoms with Gasteiger partial charge in [0.25, 0.3) is 0 Å². The van der Waals surface area contributed by atoms with Crippen molar-refractivity contribution in [3.63, 3.8) is 0 Å². The van der Waals surface area contributed by atoms with Crippen molar-refractivity contribution in [3.8, 4) is 5.75 Å². The lowest BCUT2D eigenvalue weighted by Gasteiger charge is -2.10. The maximum Gasteiger partial charge on any atom is 0.117 e. The normalized spacial score (nSPS) is 10.7. The molecule has 0 saturated carbocycles. The van der Waals surface area contributed by atoms with Gasteiger partial charge in [0, 0.05) is 24.3 Å². The lowest BCUT2D eigenvalue weighted by Crippen LogP contribution is -2.22. The smallest absolute Gasteiger partial charge is 0.117 e. The van der Waals surface area contributed by atoms with Gasteiger partial charge in [0.2, 0.25) is 0 Å². The second-order valence-electron chi connectivity index (χ2n) is 3.42. The minimum absolute atomic E-state index is 0.214. The highest BCUT2D eigenvalue weighted by molar-refractivity contribution is 5.50. The van der Waals surface area contributed by atoms with Crippen molar-refractivity contribution in [2.45, 2.75) is 26.4 Å². The average molecular weight is 180 g/mol. The van der Waals surface area contributed by atoms with E-state index in [1.807, 2.05) is 6.07 Å². The van der Waals surface area contributed by atoms with Crippen molar-refractivity contribution in [2.24, 2.45) is 0 Å². The third-order valence-electron chi connectivity index (χ3n) is 1.83. The van der Waals surface area contributed by atoms with Gasteiger partial charge < -0.3 is 16.2 Å². The zero-order valence-electron chi connectivity index (χ0n) is 8.04. The van der Waals surface area contributed by atoms with E-state index >= 15 is 0 Å². The molecule has 4 N–H and O–H groups in total. The SMILES string of the molecule is CC(C)NCc1ccc(O)cc1N. The Bertz CT molecular complexity index is 284. The average Bonchev–Trinajstić information content (AvgIpc) is 2.02. The van der Waals surface area contributed by atoms with Crippen LogP contribution in [0.3, 0.4) is 0 Å². The Kier molecular flexibility index (Phi) is 3.14. The molecule has 0 heterocycles. The van der Waals surface area contributed by atoms with Crippen LogP contribution in [0.25, 0.3) is 0 Å². The first-order valence-electron chi connectivity index (χ1n) is 4.40. The summed E-state index contributed by atoms with van der Waals surface area (Å²) in [6.45, 7) is 4.90. The molecule has 0 aliphatic rings. The molecular formula is C10H16N2O. The molecule has 0 atom stereocenters. The first-order valence-corrected chi connectivity index (χ1v) is 4.40. The number of nitrogens with one attached hydrogen (secondary N) is 1. The summed E-state index contributed by atoms with van der Waals surface area (Å²) in [6.07, 6.45) is 0. The Hall–Kier alpha value is -1.22. The second kappa shape index (κ2) is 4.14. The molecule has 1 aromatic rings. The van der Waals surface area contributed by atoms with E-state index in [9.17, 15) is 0 Å². The van der Waals surface area contributed by atoms with E-state index in [1.54, 1.807) is 12.1 Å². The predicted molar refractivity (Wildman–Crippen MR) is 54.5 cm³/mol. The second-order valence-corrected chi connectivity index (χ2v) is 3.42. The number of aromatic hydroxyl groups is 1. The van der Waals surface area contributed by atoms with Crippen molar-refractivity contribution in [2.75, 3.05) is 5.73 Å². The van der Waals surface area contributed by atoms with Crippen LogP contribution in [-0.4, -0.2) is 11.1 Å². The van der Waals surface area contributed by atoms with Crippen molar-refractivity contribution in [3.05, 3.63) is 23.8 Å². The standard InChI is InChI=1S/C10H16N2O/c1-7(2)12-6-8-3-4-9(13)5-10(8)11/h3-5,7,12-13H,6,11H2,1-2H3. The molecule has 0 spiro atoms. The van der Waals surface area contributed by atoms with Gasteiger partial charge in [-0.3, -0.25) is 0 Å². The van der Waals surface area contributed by atoms with Crippen molar-refractivity contribution < 1.29 is 5.11 Å². The monoisotopic (exact) mass is 180 g/mol. The molecule has 0 fully saturated rings. The molecule has 0 aliphatic carbocycles. The van der Waals surface area contributed by atoms with Gasteiger partial charge in [-0.25, -0.2) is 0 Å². The number of benzene rings is 1. The van der Waals surface area contributed by atoms with E-state index in [2.05, 4.69) is 19.2 Å². The molecule has 13 heavy (non-hydrogen) atoms. The Labute approximate surface area is 78.6 Å². The summed E-state index contributed by atoms with van der Waals surface area (Å²) in [5.74, 6) is 0.214. The molecule has 0 aliphatic heterocycles. The van der Waals surface area contributed by atoms with Gasteiger partial charge in [-0.1, -0.05) is 19.9 Å². The lowest BCUT2D eigenvalue weighted by atomic mass is 10.1. The quantitative estimate of drug-likeness (QED) is 0.617. The number of anilines is 1. The Morgan fingerprint density at radius 1 is 1.46 bits per heavy atom. The maximum absolute atomic E-state index is 9.11. The zero-order valence-corrected chi connectivity index (χ0v) is 8.04. The lowest BCUT2D eigenvalue weighted by molar-refractivity contribution is 0.475. The summed E-state index contributed by atoms with van der Waals surface area (Å²) in [6, 6.07) is 5.48. The first kappa shape index (κ1) is 9.86. The predicted octanol–water partition coefficient (Wildman–Crippen LogP) is 1.47. The highest BCUT2D eigenvalue weighted by Crippen LogP contribution is 2.18. The fourth-order valence-electron chi connectivity index (χ4n) is 1.06. The molecule has 0 radical (unpaired) electrons. The molecule has 0 amide bonds. The molecule has 1 rings (SSSR count). The summed E-state index contributed by atoms with van der Waals surface area (Å²) < 4.78 is 0. The van der Waals surface area contributed by atoms with Crippen LogP contribution in [0.15, 0.2) is 18.2 Å². The van der Waals surface area contributed by atoms with E-state index in [0.29, 0.717) is 11.7 Å². The number of rotatable bonds is 3. The fourth-order valence-corrected chi connectivity index (χ4v) is 1.06. The van der Waals surface area contributed by atoms with E-state index in [4.69, 9.17) is 10.8 Å². The molecule has 3 heteroatoms.